The van der Waals surface area contributed by atoms with Crippen molar-refractivity contribution in [1.82, 2.24) is 5.32 Å². The number of nitrogens with one attached hydrogen (secondary N) is 1. The molecule has 1 heterocycles. The number of hydrogen-bond donors (Lipinski definition) is 1. The summed E-state index contributed by atoms with van der Waals surface area (Å²) < 4.78 is 0. The zero-order valence-electron chi connectivity index (χ0n) is 13.3. The Morgan fingerprint density at radius 1 is 1.21 bits per heavy atom. The first kappa shape index (κ1) is 17.1. The minimum atomic E-state index is -0.291. The van der Waals surface area contributed by atoms with Crippen LogP contribution in [-0.4, -0.2) is 23.8 Å². The van der Waals surface area contributed by atoms with Crippen LogP contribution in [0.15, 0.2) is 52.3 Å². The second-order valence-corrected chi connectivity index (χ2v) is 7.45. The molecule has 0 unspecified atom stereocenters. The van der Waals surface area contributed by atoms with Crippen LogP contribution in [0.5, 0.6) is 0 Å². The molecule has 2 aromatic carbocycles. The maximum Gasteiger partial charge on any atom is 0.283 e. The molecule has 6 heteroatoms. The molecule has 24 heavy (non-hydrogen) atoms. The van der Waals surface area contributed by atoms with E-state index in [0.29, 0.717) is 0 Å². The van der Waals surface area contributed by atoms with Crippen LogP contribution in [0.2, 0.25) is 0 Å². The van der Waals surface area contributed by atoms with E-state index in [1.54, 1.807) is 23.9 Å². The molecule has 1 aliphatic rings. The van der Waals surface area contributed by atoms with Gasteiger partial charge in [0.1, 0.15) is 0 Å². The fourth-order valence-electron chi connectivity index (χ4n) is 2.52. The molecule has 1 N–H and O–H groups in total. The zero-order valence-corrected chi connectivity index (χ0v) is 15.0. The summed E-state index contributed by atoms with van der Waals surface area (Å²) in [6.45, 7) is 3.94. The van der Waals surface area contributed by atoms with Gasteiger partial charge in [0.25, 0.3) is 5.69 Å². The molecular weight excluding hydrogens is 340 g/mol. The Morgan fingerprint density at radius 2 is 2.04 bits per heavy atom. The molecule has 1 aliphatic heterocycles. The average molecular weight is 358 g/mol. The molecule has 0 fully saturated rings. The molecule has 0 aliphatic carbocycles. The Bertz CT molecular complexity index is 790. The lowest BCUT2D eigenvalue weighted by Crippen LogP contribution is -2.15. The number of hydrogen-bond acceptors (Lipinski definition) is 5. The smallest absolute Gasteiger partial charge is 0.283 e. The molecule has 0 radical (unpaired) electrons. The van der Waals surface area contributed by atoms with Crippen LogP contribution in [-0.2, 0) is 0 Å². The van der Waals surface area contributed by atoms with Gasteiger partial charge in [-0.1, -0.05) is 49.0 Å². The summed E-state index contributed by atoms with van der Waals surface area (Å²) in [5.74, 6) is 0.925. The Hall–Kier alpha value is -1.76. The highest BCUT2D eigenvalue weighted by Gasteiger charge is 2.24. The van der Waals surface area contributed by atoms with Gasteiger partial charge in [0.2, 0.25) is 0 Å². The maximum absolute atomic E-state index is 11.5. The number of thioether (sulfide) groups is 1. The SMILES string of the molecule is CCNCCSC1=Cc2ccccc2Sc2c1cccc2[N+](=O)[O-]. The summed E-state index contributed by atoms with van der Waals surface area (Å²) in [5.41, 5.74) is 2.23. The molecule has 0 saturated heterocycles. The molecular formula is C18H18N2O2S2. The van der Waals surface area contributed by atoms with Crippen molar-refractivity contribution in [3.63, 3.8) is 0 Å². The van der Waals surface area contributed by atoms with Crippen molar-refractivity contribution in [3.05, 3.63) is 63.7 Å². The van der Waals surface area contributed by atoms with Gasteiger partial charge in [-0.05, 0) is 24.3 Å². The predicted octanol–water partition coefficient (Wildman–Crippen LogP) is 4.90. The van der Waals surface area contributed by atoms with Crippen LogP contribution >= 0.6 is 23.5 Å². The number of benzene rings is 2. The monoisotopic (exact) mass is 358 g/mol. The van der Waals surface area contributed by atoms with Crippen molar-refractivity contribution in [2.75, 3.05) is 18.8 Å². The summed E-state index contributed by atoms with van der Waals surface area (Å²) in [6.07, 6.45) is 2.15. The van der Waals surface area contributed by atoms with Gasteiger partial charge in [-0.15, -0.1) is 11.8 Å². The molecule has 0 bridgehead atoms. The second kappa shape index (κ2) is 7.88. The fourth-order valence-corrected chi connectivity index (χ4v) is 4.73. The highest BCUT2D eigenvalue weighted by Crippen LogP contribution is 2.47. The Morgan fingerprint density at radius 3 is 2.83 bits per heavy atom. The third-order valence-electron chi connectivity index (χ3n) is 3.66. The van der Waals surface area contributed by atoms with E-state index in [9.17, 15) is 10.1 Å². The highest BCUT2D eigenvalue weighted by atomic mass is 32.2. The lowest BCUT2D eigenvalue weighted by molar-refractivity contribution is -0.387. The van der Waals surface area contributed by atoms with E-state index in [1.165, 1.54) is 11.8 Å². The zero-order chi connectivity index (χ0) is 16.9. The first-order valence-electron chi connectivity index (χ1n) is 7.80. The minimum absolute atomic E-state index is 0.174. The van der Waals surface area contributed by atoms with Gasteiger partial charge in [-0.2, -0.15) is 0 Å². The van der Waals surface area contributed by atoms with Gasteiger partial charge in [0.15, 0.2) is 0 Å². The van der Waals surface area contributed by atoms with E-state index in [0.717, 1.165) is 44.7 Å². The van der Waals surface area contributed by atoms with Gasteiger partial charge in [0.05, 0.1) is 9.82 Å². The molecule has 0 spiro atoms. The molecule has 0 amide bonds. The third kappa shape index (κ3) is 3.66. The van der Waals surface area contributed by atoms with Crippen molar-refractivity contribution in [1.29, 1.82) is 0 Å². The van der Waals surface area contributed by atoms with Crippen molar-refractivity contribution in [2.24, 2.45) is 0 Å². The maximum atomic E-state index is 11.5. The average Bonchev–Trinajstić information content (AvgIpc) is 2.74. The van der Waals surface area contributed by atoms with Crippen molar-refractivity contribution >= 4 is 40.2 Å². The Balaban J connectivity index is 2.05. The summed E-state index contributed by atoms with van der Waals surface area (Å²) in [5, 5.41) is 14.8. The van der Waals surface area contributed by atoms with E-state index in [1.807, 2.05) is 24.3 Å². The Kier molecular flexibility index (Phi) is 5.60. The van der Waals surface area contributed by atoms with Gasteiger partial charge >= 0.3 is 0 Å². The topological polar surface area (TPSA) is 55.2 Å². The summed E-state index contributed by atoms with van der Waals surface area (Å²) >= 11 is 3.22. The van der Waals surface area contributed by atoms with E-state index < -0.39 is 0 Å². The fraction of sp³-hybridized carbons (Fsp3) is 0.222. The molecule has 0 saturated carbocycles. The normalized spacial score (nSPS) is 12.8. The number of nitrogens with zero attached hydrogens (tertiary/aromatic N) is 1. The first-order chi connectivity index (χ1) is 11.7. The van der Waals surface area contributed by atoms with Gasteiger partial charge in [0, 0.05) is 33.7 Å². The highest BCUT2D eigenvalue weighted by molar-refractivity contribution is 8.08. The third-order valence-corrected chi connectivity index (χ3v) is 5.94. The van der Waals surface area contributed by atoms with Crippen LogP contribution in [0.4, 0.5) is 5.69 Å². The van der Waals surface area contributed by atoms with Gasteiger partial charge < -0.3 is 5.32 Å². The van der Waals surface area contributed by atoms with E-state index in [-0.39, 0.29) is 10.6 Å². The van der Waals surface area contributed by atoms with E-state index >= 15 is 0 Å². The molecule has 0 atom stereocenters. The molecule has 3 rings (SSSR count). The number of nitro benzene ring substituents is 1. The lowest BCUT2D eigenvalue weighted by atomic mass is 10.1. The van der Waals surface area contributed by atoms with E-state index in [4.69, 9.17) is 0 Å². The molecule has 2 aromatic rings. The predicted molar refractivity (Wildman–Crippen MR) is 103 cm³/mol. The van der Waals surface area contributed by atoms with Gasteiger partial charge in [-0.3, -0.25) is 10.1 Å². The van der Waals surface area contributed by atoms with E-state index in [2.05, 4.69) is 24.4 Å². The lowest BCUT2D eigenvalue weighted by Gasteiger charge is -2.10. The van der Waals surface area contributed by atoms with Crippen LogP contribution < -0.4 is 5.32 Å². The van der Waals surface area contributed by atoms with Crippen LogP contribution in [0.3, 0.4) is 0 Å². The van der Waals surface area contributed by atoms with Crippen molar-refractivity contribution < 1.29 is 4.92 Å². The number of nitro groups is 1. The summed E-state index contributed by atoms with van der Waals surface area (Å²) in [4.78, 5) is 14.0. The molecule has 4 nitrogen and oxygen atoms in total. The summed E-state index contributed by atoms with van der Waals surface area (Å²) in [6, 6.07) is 13.4. The van der Waals surface area contributed by atoms with Crippen LogP contribution in [0.25, 0.3) is 11.0 Å². The van der Waals surface area contributed by atoms with Crippen LogP contribution in [0.1, 0.15) is 18.1 Å². The number of rotatable bonds is 6. The quantitative estimate of drug-likeness (QED) is 0.452. The standard InChI is InChI=1S/C18H18N2O2S2/c1-2-19-10-11-23-17-12-13-6-3-4-9-16(13)24-18-14(17)7-5-8-15(18)20(21)22/h3-9,12,19H,2,10-11H2,1H3. The molecule has 0 aromatic heterocycles. The van der Waals surface area contributed by atoms with Crippen molar-refractivity contribution in [2.45, 2.75) is 16.7 Å². The largest absolute Gasteiger partial charge is 0.316 e. The molecule has 124 valence electrons. The number of fused-ring (bicyclic) bond motifs is 2. The van der Waals surface area contributed by atoms with Crippen molar-refractivity contribution in [3.8, 4) is 0 Å². The second-order valence-electron chi connectivity index (χ2n) is 5.26. The first-order valence-corrected chi connectivity index (χ1v) is 9.60. The summed E-state index contributed by atoms with van der Waals surface area (Å²) in [7, 11) is 0. The Labute approximate surface area is 149 Å². The van der Waals surface area contributed by atoms with Crippen LogP contribution in [0, 0.1) is 10.1 Å². The minimum Gasteiger partial charge on any atom is -0.316 e. The van der Waals surface area contributed by atoms with Gasteiger partial charge in [-0.25, -0.2) is 0 Å².